The standard InChI is InChI=1S/C18H17N3O/c22-17(13-19-12-14-6-2-1-3-7-14)21-16-10-4-8-15-9-5-11-20-18(15)16/h1-11,19H,12-13H2,(H,21,22). The first-order valence-electron chi connectivity index (χ1n) is 7.21. The Labute approximate surface area is 129 Å². The Morgan fingerprint density at radius 1 is 0.955 bits per heavy atom. The Morgan fingerprint density at radius 2 is 1.77 bits per heavy atom. The van der Waals surface area contributed by atoms with Crippen molar-refractivity contribution in [2.24, 2.45) is 0 Å². The van der Waals surface area contributed by atoms with Gasteiger partial charge in [0.25, 0.3) is 0 Å². The molecule has 0 spiro atoms. The first-order chi connectivity index (χ1) is 10.8. The number of nitrogens with one attached hydrogen (secondary N) is 2. The van der Waals surface area contributed by atoms with Gasteiger partial charge in [-0.3, -0.25) is 9.78 Å². The van der Waals surface area contributed by atoms with Gasteiger partial charge in [-0.1, -0.05) is 48.5 Å². The minimum absolute atomic E-state index is 0.0749. The summed E-state index contributed by atoms with van der Waals surface area (Å²) in [6.45, 7) is 0.931. The van der Waals surface area contributed by atoms with E-state index in [1.807, 2.05) is 60.7 Å². The predicted molar refractivity (Wildman–Crippen MR) is 88.5 cm³/mol. The molecule has 0 saturated carbocycles. The minimum Gasteiger partial charge on any atom is -0.323 e. The number of pyridine rings is 1. The van der Waals surface area contributed by atoms with E-state index in [0.29, 0.717) is 6.54 Å². The second-order valence-corrected chi connectivity index (χ2v) is 5.02. The van der Waals surface area contributed by atoms with Gasteiger partial charge in [-0.05, 0) is 17.7 Å². The molecular weight excluding hydrogens is 274 g/mol. The van der Waals surface area contributed by atoms with Crippen molar-refractivity contribution in [1.82, 2.24) is 10.3 Å². The smallest absolute Gasteiger partial charge is 0.238 e. The molecule has 0 fully saturated rings. The third-order valence-electron chi connectivity index (χ3n) is 3.36. The van der Waals surface area contributed by atoms with E-state index in [9.17, 15) is 4.79 Å². The fraction of sp³-hybridized carbons (Fsp3) is 0.111. The quantitative estimate of drug-likeness (QED) is 0.760. The van der Waals surface area contributed by atoms with Crippen LogP contribution in [0.25, 0.3) is 10.9 Å². The topological polar surface area (TPSA) is 54.0 Å². The van der Waals surface area contributed by atoms with Gasteiger partial charge in [0.05, 0.1) is 17.7 Å². The molecule has 2 aromatic carbocycles. The molecule has 4 heteroatoms. The van der Waals surface area contributed by atoms with Crippen molar-refractivity contribution in [2.45, 2.75) is 6.54 Å². The van der Waals surface area contributed by atoms with Crippen molar-refractivity contribution in [3.8, 4) is 0 Å². The molecule has 0 bridgehead atoms. The van der Waals surface area contributed by atoms with Crippen molar-refractivity contribution in [3.63, 3.8) is 0 Å². The first kappa shape index (κ1) is 14.2. The molecule has 1 heterocycles. The molecule has 1 amide bonds. The Kier molecular flexibility index (Phi) is 4.41. The number of hydrogen-bond donors (Lipinski definition) is 2. The second kappa shape index (κ2) is 6.83. The predicted octanol–water partition coefficient (Wildman–Crippen LogP) is 2.96. The van der Waals surface area contributed by atoms with E-state index >= 15 is 0 Å². The zero-order chi connectivity index (χ0) is 15.2. The molecule has 4 nitrogen and oxygen atoms in total. The van der Waals surface area contributed by atoms with Crippen molar-refractivity contribution >= 4 is 22.5 Å². The van der Waals surface area contributed by atoms with Crippen LogP contribution < -0.4 is 10.6 Å². The van der Waals surface area contributed by atoms with Crippen molar-refractivity contribution in [2.75, 3.05) is 11.9 Å². The molecule has 110 valence electrons. The SMILES string of the molecule is O=C(CNCc1ccccc1)Nc1cccc2cccnc12. The number of rotatable bonds is 5. The average Bonchev–Trinajstić information content (AvgIpc) is 2.56. The van der Waals surface area contributed by atoms with Gasteiger partial charge < -0.3 is 10.6 Å². The normalized spacial score (nSPS) is 10.5. The van der Waals surface area contributed by atoms with Crippen LogP contribution in [0.3, 0.4) is 0 Å². The van der Waals surface area contributed by atoms with E-state index < -0.39 is 0 Å². The first-order valence-corrected chi connectivity index (χ1v) is 7.21. The van der Waals surface area contributed by atoms with Gasteiger partial charge in [-0.25, -0.2) is 0 Å². The van der Waals surface area contributed by atoms with Gasteiger partial charge >= 0.3 is 0 Å². The Bertz CT molecular complexity index is 766. The highest BCUT2D eigenvalue weighted by molar-refractivity contribution is 6.00. The molecule has 3 aromatic rings. The number of anilines is 1. The summed E-state index contributed by atoms with van der Waals surface area (Å²) >= 11 is 0. The summed E-state index contributed by atoms with van der Waals surface area (Å²) in [6.07, 6.45) is 1.73. The minimum atomic E-state index is -0.0749. The van der Waals surface area contributed by atoms with Crippen LogP contribution in [0.15, 0.2) is 66.9 Å². The third-order valence-corrected chi connectivity index (χ3v) is 3.36. The number of benzene rings is 2. The molecule has 2 N–H and O–H groups in total. The van der Waals surface area contributed by atoms with Crippen LogP contribution in [-0.2, 0) is 11.3 Å². The molecule has 0 aliphatic rings. The highest BCUT2D eigenvalue weighted by Gasteiger charge is 2.06. The molecule has 3 rings (SSSR count). The summed E-state index contributed by atoms with van der Waals surface area (Å²) in [7, 11) is 0. The van der Waals surface area contributed by atoms with E-state index in [1.165, 1.54) is 0 Å². The van der Waals surface area contributed by atoms with Gasteiger partial charge in [0, 0.05) is 18.1 Å². The number of carbonyl (C=O) groups is 1. The lowest BCUT2D eigenvalue weighted by molar-refractivity contribution is -0.115. The van der Waals surface area contributed by atoms with Crippen LogP contribution in [0.4, 0.5) is 5.69 Å². The Hall–Kier alpha value is -2.72. The molecule has 0 saturated heterocycles. The van der Waals surface area contributed by atoms with Gasteiger partial charge in [0.1, 0.15) is 0 Å². The highest BCUT2D eigenvalue weighted by atomic mass is 16.1. The summed E-state index contributed by atoms with van der Waals surface area (Å²) in [5.41, 5.74) is 2.70. The van der Waals surface area contributed by atoms with Crippen LogP contribution in [0, 0.1) is 0 Å². The molecule has 22 heavy (non-hydrogen) atoms. The van der Waals surface area contributed by atoms with Crippen molar-refractivity contribution < 1.29 is 4.79 Å². The van der Waals surface area contributed by atoms with Gasteiger partial charge in [-0.15, -0.1) is 0 Å². The number of hydrogen-bond acceptors (Lipinski definition) is 3. The van der Waals surface area contributed by atoms with Gasteiger partial charge in [0.15, 0.2) is 0 Å². The zero-order valence-corrected chi connectivity index (χ0v) is 12.1. The maximum atomic E-state index is 12.0. The van der Waals surface area contributed by atoms with Crippen LogP contribution >= 0.6 is 0 Å². The monoisotopic (exact) mass is 291 g/mol. The second-order valence-electron chi connectivity index (χ2n) is 5.02. The fourth-order valence-corrected chi connectivity index (χ4v) is 2.32. The largest absolute Gasteiger partial charge is 0.323 e. The number of para-hydroxylation sites is 1. The summed E-state index contributed by atoms with van der Waals surface area (Å²) in [4.78, 5) is 16.4. The Morgan fingerprint density at radius 3 is 2.64 bits per heavy atom. The van der Waals surface area contributed by atoms with E-state index in [-0.39, 0.29) is 12.5 Å². The number of aromatic nitrogens is 1. The van der Waals surface area contributed by atoms with Crippen LogP contribution in [0.2, 0.25) is 0 Å². The molecule has 0 radical (unpaired) electrons. The van der Waals surface area contributed by atoms with Gasteiger partial charge in [0.2, 0.25) is 5.91 Å². The van der Waals surface area contributed by atoms with Crippen LogP contribution in [0.5, 0.6) is 0 Å². The summed E-state index contributed by atoms with van der Waals surface area (Å²) in [6, 6.07) is 19.6. The zero-order valence-electron chi connectivity index (χ0n) is 12.1. The van der Waals surface area contributed by atoms with Crippen LogP contribution in [0.1, 0.15) is 5.56 Å². The van der Waals surface area contributed by atoms with E-state index in [4.69, 9.17) is 0 Å². The van der Waals surface area contributed by atoms with E-state index in [0.717, 1.165) is 22.2 Å². The molecule has 1 aromatic heterocycles. The lowest BCUT2D eigenvalue weighted by Gasteiger charge is -2.09. The average molecular weight is 291 g/mol. The van der Waals surface area contributed by atoms with Crippen molar-refractivity contribution in [3.05, 3.63) is 72.4 Å². The van der Waals surface area contributed by atoms with Gasteiger partial charge in [-0.2, -0.15) is 0 Å². The summed E-state index contributed by atoms with van der Waals surface area (Å²) < 4.78 is 0. The lowest BCUT2D eigenvalue weighted by atomic mass is 10.2. The highest BCUT2D eigenvalue weighted by Crippen LogP contribution is 2.20. The Balaban J connectivity index is 1.59. The summed E-state index contributed by atoms with van der Waals surface area (Å²) in [5.74, 6) is -0.0749. The molecule has 0 aliphatic carbocycles. The van der Waals surface area contributed by atoms with E-state index in [2.05, 4.69) is 15.6 Å². The number of fused-ring (bicyclic) bond motifs is 1. The molecule has 0 aliphatic heterocycles. The van der Waals surface area contributed by atoms with E-state index in [1.54, 1.807) is 6.20 Å². The number of amides is 1. The third kappa shape index (κ3) is 3.48. The fourth-order valence-electron chi connectivity index (χ4n) is 2.32. The van der Waals surface area contributed by atoms with Crippen LogP contribution in [-0.4, -0.2) is 17.4 Å². The summed E-state index contributed by atoms with van der Waals surface area (Å²) in [5, 5.41) is 7.06. The number of carbonyl (C=O) groups excluding carboxylic acids is 1. The lowest BCUT2D eigenvalue weighted by Crippen LogP contribution is -2.27. The van der Waals surface area contributed by atoms with Crippen molar-refractivity contribution in [1.29, 1.82) is 0 Å². The maximum Gasteiger partial charge on any atom is 0.238 e. The maximum absolute atomic E-state index is 12.0. The molecule has 0 unspecified atom stereocenters. The number of nitrogens with zero attached hydrogens (tertiary/aromatic N) is 1. The molecular formula is C18H17N3O. The molecule has 0 atom stereocenters.